The van der Waals surface area contributed by atoms with E-state index in [1.807, 2.05) is 0 Å². The Balaban J connectivity index is 2.96. The smallest absolute Gasteiger partial charge is 0.0990 e. The average molecular weight is 95.1 g/mol. The van der Waals surface area contributed by atoms with Crippen LogP contribution < -0.4 is 0 Å². The summed E-state index contributed by atoms with van der Waals surface area (Å²) < 4.78 is 4.65. The Hall–Kier alpha value is -1.05. The van der Waals surface area contributed by atoms with E-state index in [-0.39, 0.29) is 0 Å². The van der Waals surface area contributed by atoms with Crippen LogP contribution in [0.5, 0.6) is 0 Å². The van der Waals surface area contributed by atoms with E-state index in [0.717, 1.165) is 5.56 Å². The highest BCUT2D eigenvalue weighted by Gasteiger charge is 1.81. The summed E-state index contributed by atoms with van der Waals surface area (Å²) in [6, 6.07) is 1.73. The minimum absolute atomic E-state index is 0.806. The van der Waals surface area contributed by atoms with Crippen molar-refractivity contribution in [2.75, 3.05) is 0 Å². The molecule has 1 N–H and O–H groups in total. The van der Waals surface area contributed by atoms with E-state index in [0.29, 0.717) is 0 Å². The Kier molecular flexibility index (Phi) is 0.941. The predicted molar refractivity (Wildman–Crippen MR) is 26.6 cm³/mol. The van der Waals surface area contributed by atoms with Gasteiger partial charge >= 0.3 is 0 Å². The lowest BCUT2D eigenvalue weighted by Crippen LogP contribution is -1.65. The molecule has 36 valence electrons. The van der Waals surface area contributed by atoms with Gasteiger partial charge in [0.1, 0.15) is 0 Å². The number of hydrogen-bond acceptors (Lipinski definition) is 2. The van der Waals surface area contributed by atoms with Crippen LogP contribution in [0.15, 0.2) is 23.0 Å². The largest absolute Gasteiger partial charge is 0.472 e. The molecule has 7 heavy (non-hydrogen) atoms. The van der Waals surface area contributed by atoms with Gasteiger partial charge in [-0.2, -0.15) is 0 Å². The molecule has 0 aromatic carbocycles. The lowest BCUT2D eigenvalue weighted by Gasteiger charge is -1.67. The summed E-state index contributed by atoms with van der Waals surface area (Å²) >= 11 is 0. The molecule has 0 saturated carbocycles. The van der Waals surface area contributed by atoms with Crippen molar-refractivity contribution in [3.05, 3.63) is 24.2 Å². The molecule has 2 nitrogen and oxygen atoms in total. The van der Waals surface area contributed by atoms with Crippen molar-refractivity contribution in [2.45, 2.75) is 0 Å². The van der Waals surface area contributed by atoms with Gasteiger partial charge in [0.15, 0.2) is 0 Å². The second-order valence-electron chi connectivity index (χ2n) is 1.20. The van der Waals surface area contributed by atoms with Gasteiger partial charge in [0.2, 0.25) is 0 Å². The highest BCUT2D eigenvalue weighted by molar-refractivity contribution is 5.75. The molecule has 0 spiro atoms. The lowest BCUT2D eigenvalue weighted by atomic mass is 10.4. The average Bonchev–Trinajstić information content (AvgIpc) is 2.14. The molecule has 0 aliphatic carbocycles. The molecule has 0 unspecified atom stereocenters. The monoisotopic (exact) mass is 95.0 g/mol. The summed E-state index contributed by atoms with van der Waals surface area (Å²) in [6.07, 6.45) is 4.30. The quantitative estimate of drug-likeness (QED) is 0.524. The Morgan fingerprint density at radius 1 is 1.71 bits per heavy atom. The minimum atomic E-state index is 0.806. The molecule has 0 saturated heterocycles. The first-order chi connectivity index (χ1) is 3.43. The second kappa shape index (κ2) is 1.60. The summed E-state index contributed by atoms with van der Waals surface area (Å²) in [5.41, 5.74) is 0.806. The molecule has 0 fully saturated rings. The van der Waals surface area contributed by atoms with Crippen molar-refractivity contribution < 1.29 is 4.42 Å². The molecule has 1 heterocycles. The van der Waals surface area contributed by atoms with Crippen molar-refractivity contribution in [1.29, 1.82) is 5.41 Å². The molecule has 2 heteroatoms. The van der Waals surface area contributed by atoms with Crippen molar-refractivity contribution in [3.8, 4) is 0 Å². The first kappa shape index (κ1) is 4.12. The molecular formula is C5H5NO. The van der Waals surface area contributed by atoms with Gasteiger partial charge in [-0.25, -0.2) is 0 Å². The normalized spacial score (nSPS) is 8.57. The van der Waals surface area contributed by atoms with Crippen LogP contribution in [-0.2, 0) is 0 Å². The molecule has 1 aromatic rings. The van der Waals surface area contributed by atoms with E-state index in [1.54, 1.807) is 12.3 Å². The predicted octanol–water partition coefficient (Wildman–Crippen LogP) is 1.28. The molecule has 0 amide bonds. The maximum Gasteiger partial charge on any atom is 0.0990 e. The van der Waals surface area contributed by atoms with E-state index in [4.69, 9.17) is 5.41 Å². The van der Waals surface area contributed by atoms with Crippen LogP contribution in [0, 0.1) is 5.41 Å². The molecule has 1 aromatic heterocycles. The standard InChI is InChI=1S/C5H5NO/c6-3-5-1-2-7-4-5/h1-4,6H. The zero-order valence-corrected chi connectivity index (χ0v) is 3.72. The van der Waals surface area contributed by atoms with Gasteiger partial charge in [-0.1, -0.05) is 0 Å². The van der Waals surface area contributed by atoms with E-state index in [2.05, 4.69) is 4.42 Å². The SMILES string of the molecule is N=Cc1ccoc1. The third kappa shape index (κ3) is 0.682. The maximum atomic E-state index is 6.68. The summed E-state index contributed by atoms with van der Waals surface area (Å²) in [5, 5.41) is 6.68. The van der Waals surface area contributed by atoms with Crippen LogP contribution >= 0.6 is 0 Å². The van der Waals surface area contributed by atoms with Crippen molar-refractivity contribution in [3.63, 3.8) is 0 Å². The maximum absolute atomic E-state index is 6.68. The number of rotatable bonds is 1. The van der Waals surface area contributed by atoms with Crippen LogP contribution in [0.4, 0.5) is 0 Å². The third-order valence-corrected chi connectivity index (χ3v) is 0.710. The summed E-state index contributed by atoms with van der Waals surface area (Å²) in [6.45, 7) is 0. The van der Waals surface area contributed by atoms with E-state index < -0.39 is 0 Å². The van der Waals surface area contributed by atoms with Crippen molar-refractivity contribution in [2.24, 2.45) is 0 Å². The van der Waals surface area contributed by atoms with Crippen LogP contribution in [0.25, 0.3) is 0 Å². The van der Waals surface area contributed by atoms with Gasteiger partial charge in [0.05, 0.1) is 12.5 Å². The Labute approximate surface area is 41.3 Å². The lowest BCUT2D eigenvalue weighted by molar-refractivity contribution is 0.567. The fourth-order valence-electron chi connectivity index (χ4n) is 0.357. The molecule has 0 aliphatic rings. The fourth-order valence-corrected chi connectivity index (χ4v) is 0.357. The Morgan fingerprint density at radius 3 is 2.86 bits per heavy atom. The molecule has 1 rings (SSSR count). The molecule has 0 bridgehead atoms. The van der Waals surface area contributed by atoms with E-state index in [1.165, 1.54) is 12.5 Å². The topological polar surface area (TPSA) is 37.0 Å². The van der Waals surface area contributed by atoms with Crippen LogP contribution in [0.1, 0.15) is 5.56 Å². The second-order valence-corrected chi connectivity index (χ2v) is 1.20. The summed E-state index contributed by atoms with van der Waals surface area (Å²) in [4.78, 5) is 0. The zero-order chi connectivity index (χ0) is 5.11. The van der Waals surface area contributed by atoms with Crippen LogP contribution in [0.2, 0.25) is 0 Å². The number of nitrogens with one attached hydrogen (secondary N) is 1. The third-order valence-electron chi connectivity index (χ3n) is 0.710. The van der Waals surface area contributed by atoms with Gasteiger partial charge in [-0.05, 0) is 6.07 Å². The zero-order valence-electron chi connectivity index (χ0n) is 3.72. The van der Waals surface area contributed by atoms with Gasteiger partial charge in [0, 0.05) is 11.8 Å². The first-order valence-corrected chi connectivity index (χ1v) is 1.96. The van der Waals surface area contributed by atoms with Gasteiger partial charge in [-0.3, -0.25) is 0 Å². The van der Waals surface area contributed by atoms with Crippen LogP contribution in [-0.4, -0.2) is 6.21 Å². The van der Waals surface area contributed by atoms with E-state index in [9.17, 15) is 0 Å². The molecule has 0 radical (unpaired) electrons. The van der Waals surface area contributed by atoms with Gasteiger partial charge in [0.25, 0.3) is 0 Å². The van der Waals surface area contributed by atoms with Crippen molar-refractivity contribution in [1.82, 2.24) is 0 Å². The summed E-state index contributed by atoms with van der Waals surface area (Å²) in [5.74, 6) is 0. The number of hydrogen-bond donors (Lipinski definition) is 1. The van der Waals surface area contributed by atoms with Crippen molar-refractivity contribution >= 4 is 6.21 Å². The molecule has 0 aliphatic heterocycles. The Morgan fingerprint density at radius 2 is 2.57 bits per heavy atom. The molecule has 0 atom stereocenters. The van der Waals surface area contributed by atoms with Crippen LogP contribution in [0.3, 0.4) is 0 Å². The fraction of sp³-hybridized carbons (Fsp3) is 0. The minimum Gasteiger partial charge on any atom is -0.472 e. The molecular weight excluding hydrogens is 90.1 g/mol. The highest BCUT2D eigenvalue weighted by atomic mass is 16.3. The highest BCUT2D eigenvalue weighted by Crippen LogP contribution is 1.92. The first-order valence-electron chi connectivity index (χ1n) is 1.96. The van der Waals surface area contributed by atoms with Gasteiger partial charge in [-0.15, -0.1) is 0 Å². The Bertz CT molecular complexity index is 143. The summed E-state index contributed by atoms with van der Waals surface area (Å²) in [7, 11) is 0. The number of furan rings is 1. The van der Waals surface area contributed by atoms with Gasteiger partial charge < -0.3 is 9.83 Å². The van der Waals surface area contributed by atoms with E-state index >= 15 is 0 Å².